The fourth-order valence-electron chi connectivity index (χ4n) is 2.80. The van der Waals surface area contributed by atoms with E-state index >= 15 is 0 Å². The number of hydrogen-bond donors (Lipinski definition) is 0. The third-order valence-electron chi connectivity index (χ3n) is 4.11. The maximum atomic E-state index is 11.8. The van der Waals surface area contributed by atoms with Crippen LogP contribution in [0.3, 0.4) is 0 Å². The van der Waals surface area contributed by atoms with Crippen molar-refractivity contribution in [3.63, 3.8) is 0 Å². The molecule has 0 atom stereocenters. The average molecular weight is 287 g/mol. The SMILES string of the molecule is COC(=O)c1sc(C2(c3ccccc3)CCC2)nc1C. The minimum atomic E-state index is -0.284. The Hall–Kier alpha value is -1.68. The number of benzene rings is 1. The van der Waals surface area contributed by atoms with Crippen LogP contribution in [-0.2, 0) is 10.2 Å². The van der Waals surface area contributed by atoms with Crippen LogP contribution < -0.4 is 0 Å². The van der Waals surface area contributed by atoms with E-state index in [1.54, 1.807) is 0 Å². The van der Waals surface area contributed by atoms with Crippen LogP contribution in [0.5, 0.6) is 0 Å². The summed E-state index contributed by atoms with van der Waals surface area (Å²) in [6, 6.07) is 10.5. The minimum absolute atomic E-state index is 0.00293. The van der Waals surface area contributed by atoms with E-state index in [1.165, 1.54) is 30.4 Å². The average Bonchev–Trinajstić information content (AvgIpc) is 2.80. The molecule has 1 aromatic heterocycles. The normalized spacial score (nSPS) is 16.5. The molecule has 4 heteroatoms. The van der Waals surface area contributed by atoms with E-state index in [1.807, 2.05) is 13.0 Å². The fraction of sp³-hybridized carbons (Fsp3) is 0.375. The molecule has 104 valence electrons. The largest absolute Gasteiger partial charge is 0.465 e. The monoisotopic (exact) mass is 287 g/mol. The smallest absolute Gasteiger partial charge is 0.349 e. The number of methoxy groups -OCH3 is 1. The van der Waals surface area contributed by atoms with Gasteiger partial charge in [0.05, 0.1) is 12.8 Å². The molecule has 3 nitrogen and oxygen atoms in total. The molecule has 1 heterocycles. The van der Waals surface area contributed by atoms with Gasteiger partial charge in [0.2, 0.25) is 0 Å². The van der Waals surface area contributed by atoms with Gasteiger partial charge in [-0.2, -0.15) is 0 Å². The van der Waals surface area contributed by atoms with Gasteiger partial charge in [-0.15, -0.1) is 11.3 Å². The maximum Gasteiger partial charge on any atom is 0.349 e. The zero-order chi connectivity index (χ0) is 14.2. The molecule has 0 unspecified atom stereocenters. The van der Waals surface area contributed by atoms with Gasteiger partial charge in [0.15, 0.2) is 0 Å². The van der Waals surface area contributed by atoms with E-state index < -0.39 is 0 Å². The predicted octanol–water partition coefficient (Wildman–Crippen LogP) is 3.71. The molecule has 0 aliphatic heterocycles. The molecule has 1 aliphatic carbocycles. The number of esters is 1. The lowest BCUT2D eigenvalue weighted by Crippen LogP contribution is -2.35. The molecule has 1 aliphatic rings. The lowest BCUT2D eigenvalue weighted by atomic mass is 9.65. The summed E-state index contributed by atoms with van der Waals surface area (Å²) in [5, 5.41) is 1.05. The zero-order valence-electron chi connectivity index (χ0n) is 11.7. The van der Waals surface area contributed by atoms with E-state index in [2.05, 4.69) is 29.2 Å². The molecule has 3 rings (SSSR count). The van der Waals surface area contributed by atoms with Crippen molar-refractivity contribution in [2.45, 2.75) is 31.6 Å². The van der Waals surface area contributed by atoms with Crippen molar-refractivity contribution < 1.29 is 9.53 Å². The summed E-state index contributed by atoms with van der Waals surface area (Å²) in [7, 11) is 1.41. The summed E-state index contributed by atoms with van der Waals surface area (Å²) in [6.07, 6.45) is 3.41. The van der Waals surface area contributed by atoms with Crippen LogP contribution >= 0.6 is 11.3 Å². The third-order valence-corrected chi connectivity index (χ3v) is 5.45. The fourth-order valence-corrected chi connectivity index (χ4v) is 4.05. The first kappa shape index (κ1) is 13.3. The molecule has 0 N–H and O–H groups in total. The first-order valence-electron chi connectivity index (χ1n) is 6.79. The molecule has 0 spiro atoms. The molecule has 2 aromatic rings. The Balaban J connectivity index is 2.05. The minimum Gasteiger partial charge on any atom is -0.465 e. The molecule has 1 fully saturated rings. The summed E-state index contributed by atoms with van der Waals surface area (Å²) < 4.78 is 4.83. The summed E-state index contributed by atoms with van der Waals surface area (Å²) in [4.78, 5) is 17.1. The first-order valence-corrected chi connectivity index (χ1v) is 7.61. The lowest BCUT2D eigenvalue weighted by Gasteiger charge is -2.40. The van der Waals surface area contributed by atoms with Gasteiger partial charge >= 0.3 is 5.97 Å². The van der Waals surface area contributed by atoms with Crippen LogP contribution in [0.15, 0.2) is 30.3 Å². The summed E-state index contributed by atoms with van der Waals surface area (Å²) in [5.74, 6) is -0.284. The number of rotatable bonds is 3. The summed E-state index contributed by atoms with van der Waals surface area (Å²) in [6.45, 7) is 1.88. The quantitative estimate of drug-likeness (QED) is 0.808. The van der Waals surface area contributed by atoms with Crippen LogP contribution in [0, 0.1) is 6.92 Å². The lowest BCUT2D eigenvalue weighted by molar-refractivity contribution is 0.0605. The highest BCUT2D eigenvalue weighted by Crippen LogP contribution is 2.50. The van der Waals surface area contributed by atoms with Crippen molar-refractivity contribution in [2.24, 2.45) is 0 Å². The summed E-state index contributed by atoms with van der Waals surface area (Å²) in [5.41, 5.74) is 2.08. The van der Waals surface area contributed by atoms with Crippen LogP contribution in [0.1, 0.15) is 45.2 Å². The molecule has 0 amide bonds. The number of ether oxygens (including phenoxy) is 1. The van der Waals surface area contributed by atoms with E-state index in [0.29, 0.717) is 4.88 Å². The number of aryl methyl sites for hydroxylation is 1. The van der Waals surface area contributed by atoms with Crippen LogP contribution in [0.4, 0.5) is 0 Å². The maximum absolute atomic E-state index is 11.8. The van der Waals surface area contributed by atoms with Crippen LogP contribution in [0.25, 0.3) is 0 Å². The molecule has 0 saturated heterocycles. The van der Waals surface area contributed by atoms with Crippen molar-refractivity contribution in [3.05, 3.63) is 51.5 Å². The molecule has 0 radical (unpaired) electrons. The second-order valence-corrected chi connectivity index (χ2v) is 6.23. The van der Waals surface area contributed by atoms with Gasteiger partial charge in [-0.25, -0.2) is 9.78 Å². The number of aromatic nitrogens is 1. The zero-order valence-corrected chi connectivity index (χ0v) is 12.5. The molecular formula is C16H17NO2S. The standard InChI is InChI=1S/C16H17NO2S/c1-11-13(14(18)19-2)20-15(17-11)16(9-6-10-16)12-7-4-3-5-8-12/h3-5,7-8H,6,9-10H2,1-2H3. The van der Waals surface area contributed by atoms with Crippen molar-refractivity contribution in [3.8, 4) is 0 Å². The highest BCUT2D eigenvalue weighted by atomic mass is 32.1. The van der Waals surface area contributed by atoms with Crippen molar-refractivity contribution in [1.29, 1.82) is 0 Å². The molecular weight excluding hydrogens is 270 g/mol. The van der Waals surface area contributed by atoms with Gasteiger partial charge in [0.1, 0.15) is 9.88 Å². The van der Waals surface area contributed by atoms with Crippen molar-refractivity contribution in [1.82, 2.24) is 4.98 Å². The number of thiazole rings is 1. The Bertz CT molecular complexity index is 629. The third kappa shape index (κ3) is 1.95. The summed E-state index contributed by atoms with van der Waals surface area (Å²) >= 11 is 1.48. The van der Waals surface area contributed by atoms with Gasteiger partial charge in [-0.05, 0) is 25.3 Å². The Labute approximate surface area is 122 Å². The van der Waals surface area contributed by atoms with Crippen molar-refractivity contribution >= 4 is 17.3 Å². The van der Waals surface area contributed by atoms with E-state index in [0.717, 1.165) is 23.5 Å². The second-order valence-electron chi connectivity index (χ2n) is 5.23. The highest BCUT2D eigenvalue weighted by molar-refractivity contribution is 7.14. The molecule has 0 bridgehead atoms. The van der Waals surface area contributed by atoms with Gasteiger partial charge in [0.25, 0.3) is 0 Å². The number of hydrogen-bond acceptors (Lipinski definition) is 4. The molecule has 1 aromatic carbocycles. The van der Waals surface area contributed by atoms with Gasteiger partial charge < -0.3 is 4.74 Å². The second kappa shape index (κ2) is 5.02. The first-order chi connectivity index (χ1) is 9.67. The Morgan fingerprint density at radius 3 is 2.55 bits per heavy atom. The van der Waals surface area contributed by atoms with Gasteiger partial charge in [-0.1, -0.05) is 36.8 Å². The van der Waals surface area contributed by atoms with Gasteiger partial charge in [-0.3, -0.25) is 0 Å². The van der Waals surface area contributed by atoms with E-state index in [9.17, 15) is 4.79 Å². The van der Waals surface area contributed by atoms with Crippen molar-refractivity contribution in [2.75, 3.05) is 7.11 Å². The Morgan fingerprint density at radius 2 is 2.00 bits per heavy atom. The van der Waals surface area contributed by atoms with E-state index in [-0.39, 0.29) is 11.4 Å². The topological polar surface area (TPSA) is 39.2 Å². The Kier molecular flexibility index (Phi) is 3.34. The number of carbonyl (C=O) groups excluding carboxylic acids is 1. The van der Waals surface area contributed by atoms with Gasteiger partial charge in [0, 0.05) is 5.41 Å². The molecule has 20 heavy (non-hydrogen) atoms. The Morgan fingerprint density at radius 1 is 1.30 bits per heavy atom. The highest BCUT2D eigenvalue weighted by Gasteiger charge is 2.43. The van der Waals surface area contributed by atoms with Crippen LogP contribution in [0.2, 0.25) is 0 Å². The number of carbonyl (C=O) groups is 1. The number of nitrogens with zero attached hydrogens (tertiary/aromatic N) is 1. The van der Waals surface area contributed by atoms with Crippen LogP contribution in [-0.4, -0.2) is 18.1 Å². The predicted molar refractivity (Wildman–Crippen MR) is 79.3 cm³/mol. The van der Waals surface area contributed by atoms with E-state index in [4.69, 9.17) is 4.74 Å². The molecule has 1 saturated carbocycles.